The predicted molar refractivity (Wildman–Crippen MR) is 145 cm³/mol. The van der Waals surface area contributed by atoms with E-state index in [1.807, 2.05) is 0 Å². The quantitative estimate of drug-likeness (QED) is 0.306. The Bertz CT molecular complexity index is 1330. The smallest absolute Gasteiger partial charge is 0.0416 e. The van der Waals surface area contributed by atoms with E-state index in [4.69, 9.17) is 0 Å². The van der Waals surface area contributed by atoms with Crippen LogP contribution in [0.3, 0.4) is 0 Å². The van der Waals surface area contributed by atoms with E-state index in [1.165, 1.54) is 55.9 Å². The summed E-state index contributed by atoms with van der Waals surface area (Å²) in [5.74, 6) is 0. The largest absolute Gasteiger partial charge is 0.339 e. The van der Waals surface area contributed by atoms with Crippen molar-refractivity contribution in [2.24, 2.45) is 0 Å². The zero-order valence-electron chi connectivity index (χ0n) is 21.1. The summed E-state index contributed by atoms with van der Waals surface area (Å²) in [5, 5.41) is 0. The highest BCUT2D eigenvalue weighted by Crippen LogP contribution is 2.52. The van der Waals surface area contributed by atoms with Gasteiger partial charge in [0.15, 0.2) is 0 Å². The molecule has 1 heteroatoms. The lowest BCUT2D eigenvalue weighted by molar-refractivity contribution is 0.658. The number of hydrogen-bond acceptors (Lipinski definition) is 1. The Morgan fingerprint density at radius 1 is 0.500 bits per heavy atom. The standard InChI is InChI=1S/C33H33N/c1-21(2)34(22-15-17-26-24-11-7-9-13-28(24)32(3,4)30(26)19-22)23-16-18-27-25-12-8-10-14-29(25)33(5,6)31(27)20-23/h7-21H,1-6H3. The number of rotatable bonds is 3. The molecule has 1 nitrogen and oxygen atoms in total. The van der Waals surface area contributed by atoms with E-state index < -0.39 is 0 Å². The van der Waals surface area contributed by atoms with Crippen LogP contribution in [-0.4, -0.2) is 6.04 Å². The van der Waals surface area contributed by atoms with Crippen molar-refractivity contribution in [1.82, 2.24) is 0 Å². The summed E-state index contributed by atoms with van der Waals surface area (Å²) < 4.78 is 0. The van der Waals surface area contributed by atoms with Gasteiger partial charge in [-0.1, -0.05) is 88.4 Å². The summed E-state index contributed by atoms with van der Waals surface area (Å²) in [6, 6.07) is 32.2. The fourth-order valence-electron chi connectivity index (χ4n) is 6.43. The third kappa shape index (κ3) is 2.79. The van der Waals surface area contributed by atoms with Gasteiger partial charge in [-0.15, -0.1) is 0 Å². The highest BCUT2D eigenvalue weighted by molar-refractivity contribution is 5.85. The fourth-order valence-corrected chi connectivity index (χ4v) is 6.43. The van der Waals surface area contributed by atoms with Crippen LogP contribution in [0.1, 0.15) is 63.8 Å². The molecule has 0 spiro atoms. The molecule has 0 bridgehead atoms. The first-order valence-corrected chi connectivity index (χ1v) is 12.5. The Morgan fingerprint density at radius 3 is 1.29 bits per heavy atom. The van der Waals surface area contributed by atoms with Crippen molar-refractivity contribution in [1.29, 1.82) is 0 Å². The molecule has 0 saturated carbocycles. The van der Waals surface area contributed by atoms with E-state index in [0.29, 0.717) is 6.04 Å². The number of nitrogens with zero attached hydrogens (tertiary/aromatic N) is 1. The van der Waals surface area contributed by atoms with Crippen molar-refractivity contribution >= 4 is 11.4 Å². The second-order valence-corrected chi connectivity index (χ2v) is 11.3. The van der Waals surface area contributed by atoms with Crippen molar-refractivity contribution in [2.45, 2.75) is 58.4 Å². The molecule has 4 aromatic rings. The molecule has 0 radical (unpaired) electrons. The molecule has 0 fully saturated rings. The third-order valence-electron chi connectivity index (χ3n) is 8.21. The first kappa shape index (κ1) is 21.2. The predicted octanol–water partition coefficient (Wildman–Crippen LogP) is 8.85. The normalized spacial score (nSPS) is 16.1. The van der Waals surface area contributed by atoms with Crippen molar-refractivity contribution in [3.63, 3.8) is 0 Å². The molecule has 4 aromatic carbocycles. The second-order valence-electron chi connectivity index (χ2n) is 11.3. The summed E-state index contributed by atoms with van der Waals surface area (Å²) in [7, 11) is 0. The van der Waals surface area contributed by atoms with Crippen molar-refractivity contribution in [3.8, 4) is 22.3 Å². The van der Waals surface area contributed by atoms with Gasteiger partial charge in [-0.05, 0) is 82.6 Å². The summed E-state index contributed by atoms with van der Waals surface area (Å²) in [4.78, 5) is 2.50. The minimum atomic E-state index is 0.00611. The molecule has 34 heavy (non-hydrogen) atoms. The van der Waals surface area contributed by atoms with Gasteiger partial charge >= 0.3 is 0 Å². The van der Waals surface area contributed by atoms with Gasteiger partial charge in [0, 0.05) is 28.2 Å². The monoisotopic (exact) mass is 443 g/mol. The van der Waals surface area contributed by atoms with Gasteiger partial charge in [0.25, 0.3) is 0 Å². The molecule has 0 aliphatic heterocycles. The summed E-state index contributed by atoms with van der Waals surface area (Å²) in [6.45, 7) is 14.0. The van der Waals surface area contributed by atoms with Crippen LogP contribution in [0.25, 0.3) is 22.3 Å². The van der Waals surface area contributed by atoms with Crippen molar-refractivity contribution in [3.05, 3.63) is 107 Å². The second kappa shape index (κ2) is 7.09. The summed E-state index contributed by atoms with van der Waals surface area (Å²) in [6.07, 6.45) is 0. The number of anilines is 2. The molecule has 0 amide bonds. The van der Waals surface area contributed by atoms with Gasteiger partial charge < -0.3 is 4.90 Å². The van der Waals surface area contributed by atoms with Crippen molar-refractivity contribution < 1.29 is 0 Å². The van der Waals surface area contributed by atoms with Gasteiger partial charge in [0.05, 0.1) is 0 Å². The minimum Gasteiger partial charge on any atom is -0.339 e. The molecule has 0 N–H and O–H groups in total. The maximum Gasteiger partial charge on any atom is 0.0416 e. The molecule has 0 atom stereocenters. The molecule has 2 aliphatic rings. The van der Waals surface area contributed by atoms with Gasteiger partial charge in [0.2, 0.25) is 0 Å². The molecule has 0 heterocycles. The minimum absolute atomic E-state index is 0.00611. The molecular weight excluding hydrogens is 410 g/mol. The Kier molecular flexibility index (Phi) is 4.43. The Balaban J connectivity index is 1.48. The zero-order valence-corrected chi connectivity index (χ0v) is 21.1. The van der Waals surface area contributed by atoms with Gasteiger partial charge in [0.1, 0.15) is 0 Å². The van der Waals surface area contributed by atoms with Crippen LogP contribution in [-0.2, 0) is 10.8 Å². The summed E-state index contributed by atoms with van der Waals surface area (Å²) in [5.41, 5.74) is 13.7. The van der Waals surface area contributed by atoms with Crippen LogP contribution in [0, 0.1) is 0 Å². The maximum absolute atomic E-state index is 2.50. The first-order chi connectivity index (χ1) is 16.2. The van der Waals surface area contributed by atoms with Crippen LogP contribution in [0.2, 0.25) is 0 Å². The van der Waals surface area contributed by atoms with Gasteiger partial charge in [-0.2, -0.15) is 0 Å². The van der Waals surface area contributed by atoms with E-state index in [9.17, 15) is 0 Å². The zero-order chi connectivity index (χ0) is 23.8. The highest BCUT2D eigenvalue weighted by Gasteiger charge is 2.37. The lowest BCUT2D eigenvalue weighted by Gasteiger charge is -2.32. The van der Waals surface area contributed by atoms with E-state index in [1.54, 1.807) is 0 Å². The molecule has 6 rings (SSSR count). The Morgan fingerprint density at radius 2 is 0.882 bits per heavy atom. The lowest BCUT2D eigenvalue weighted by atomic mass is 9.82. The number of fused-ring (bicyclic) bond motifs is 6. The van der Waals surface area contributed by atoms with E-state index in [-0.39, 0.29) is 10.8 Å². The third-order valence-corrected chi connectivity index (χ3v) is 8.21. The average molecular weight is 444 g/mol. The molecule has 0 unspecified atom stereocenters. The lowest BCUT2D eigenvalue weighted by Crippen LogP contribution is -2.26. The van der Waals surface area contributed by atoms with E-state index in [2.05, 4.69) is 131 Å². The topological polar surface area (TPSA) is 3.24 Å². The Hall–Kier alpha value is -3.32. The SMILES string of the molecule is CC(C)N(c1ccc2c(c1)C(C)(C)c1ccccc1-2)c1ccc2c(c1)C(C)(C)c1ccccc1-2. The van der Waals surface area contributed by atoms with Crippen LogP contribution >= 0.6 is 0 Å². The average Bonchev–Trinajstić information content (AvgIpc) is 3.19. The molecule has 2 aliphatic carbocycles. The van der Waals surface area contributed by atoms with Crippen LogP contribution < -0.4 is 4.90 Å². The molecule has 0 aromatic heterocycles. The summed E-state index contributed by atoms with van der Waals surface area (Å²) >= 11 is 0. The van der Waals surface area contributed by atoms with Crippen LogP contribution in [0.4, 0.5) is 11.4 Å². The maximum atomic E-state index is 2.50. The van der Waals surface area contributed by atoms with Crippen LogP contribution in [0.5, 0.6) is 0 Å². The molecule has 0 saturated heterocycles. The number of benzene rings is 4. The Labute approximate surface area is 204 Å². The fraction of sp³-hybridized carbons (Fsp3) is 0.273. The van der Waals surface area contributed by atoms with E-state index >= 15 is 0 Å². The first-order valence-electron chi connectivity index (χ1n) is 12.5. The number of hydrogen-bond donors (Lipinski definition) is 0. The van der Waals surface area contributed by atoms with Crippen LogP contribution in [0.15, 0.2) is 84.9 Å². The van der Waals surface area contributed by atoms with Crippen molar-refractivity contribution in [2.75, 3.05) is 4.90 Å². The molecule has 170 valence electrons. The highest BCUT2D eigenvalue weighted by atomic mass is 15.2. The molecular formula is C33H33N. The van der Waals surface area contributed by atoms with E-state index in [0.717, 1.165) is 0 Å². The van der Waals surface area contributed by atoms with Gasteiger partial charge in [-0.3, -0.25) is 0 Å². The van der Waals surface area contributed by atoms with Gasteiger partial charge in [-0.25, -0.2) is 0 Å².